The zero-order valence-electron chi connectivity index (χ0n) is 66.3. The van der Waals surface area contributed by atoms with E-state index in [1.807, 2.05) is 145 Å². The van der Waals surface area contributed by atoms with Gasteiger partial charge < -0.3 is 38.9 Å². The molecule has 0 spiro atoms. The van der Waals surface area contributed by atoms with Gasteiger partial charge in [-0.25, -0.2) is 52.6 Å². The summed E-state index contributed by atoms with van der Waals surface area (Å²) < 4.78 is 124. The lowest BCUT2D eigenvalue weighted by Gasteiger charge is -2.10. The summed E-state index contributed by atoms with van der Waals surface area (Å²) in [5.74, 6) is 0.154. The van der Waals surface area contributed by atoms with Gasteiger partial charge in [0.25, 0.3) is 23.6 Å². The molecule has 0 saturated carbocycles. The van der Waals surface area contributed by atoms with Gasteiger partial charge in [0.1, 0.15) is 45.8 Å². The van der Waals surface area contributed by atoms with Gasteiger partial charge in [-0.2, -0.15) is 0 Å². The van der Waals surface area contributed by atoms with Gasteiger partial charge in [0, 0.05) is 79.1 Å². The molecule has 120 heavy (non-hydrogen) atoms. The maximum atomic E-state index is 12.6. The van der Waals surface area contributed by atoms with Gasteiger partial charge in [-0.05, 0) is 239 Å². The van der Waals surface area contributed by atoms with Crippen molar-refractivity contribution in [3.05, 3.63) is 266 Å². The van der Waals surface area contributed by atoms with Crippen LogP contribution in [0.1, 0.15) is 118 Å². The number of fused-ring (bicyclic) bond motifs is 5. The number of halogens is 7. The molecule has 35 heteroatoms. The molecular formula is C85H85Cl7N8O16S4. The van der Waals surface area contributed by atoms with Crippen LogP contribution in [0.3, 0.4) is 0 Å². The van der Waals surface area contributed by atoms with Gasteiger partial charge in [-0.1, -0.05) is 142 Å². The lowest BCUT2D eigenvalue weighted by molar-refractivity contribution is 0.0967. The number of amides is 4. The molecule has 9 aromatic carbocycles. The highest BCUT2D eigenvalue weighted by molar-refractivity contribution is 7.90. The molecule has 4 heterocycles. The number of H-pyrrole nitrogens is 4. The number of nitrogens with one attached hydrogen (secondary N) is 8. The van der Waals surface area contributed by atoms with Gasteiger partial charge in [0.2, 0.25) is 40.1 Å². The fraction of sp³-hybridized carbons (Fsp3) is 0.247. The van der Waals surface area contributed by atoms with E-state index in [9.17, 15) is 52.8 Å². The minimum Gasteiger partial charge on any atom is -0.494 e. The smallest absolute Gasteiger partial charge is 0.281 e. The Kier molecular flexibility index (Phi) is 31.1. The first-order chi connectivity index (χ1) is 56.6. The number of carbonyl (C=O) groups excluding carboxylic acids is 4. The zero-order valence-corrected chi connectivity index (χ0v) is 74.9. The molecule has 0 saturated heterocycles. The van der Waals surface area contributed by atoms with Crippen molar-refractivity contribution in [3.63, 3.8) is 0 Å². The topological polar surface area (TPSA) is 353 Å². The van der Waals surface area contributed by atoms with Crippen LogP contribution >= 0.6 is 81.2 Å². The van der Waals surface area contributed by atoms with Gasteiger partial charge >= 0.3 is 0 Å². The van der Waals surface area contributed by atoms with Crippen LogP contribution in [0, 0.1) is 34.6 Å². The van der Waals surface area contributed by atoms with Crippen LogP contribution in [0.25, 0.3) is 54.4 Å². The van der Waals surface area contributed by atoms with Crippen molar-refractivity contribution in [2.75, 3.05) is 51.5 Å². The predicted octanol–water partition coefficient (Wildman–Crippen LogP) is 18.7. The second-order valence-electron chi connectivity index (χ2n) is 28.4. The Hall–Kier alpha value is -9.69. The summed E-state index contributed by atoms with van der Waals surface area (Å²) in [5.41, 5.74) is 11.0. The fourth-order valence-corrected chi connectivity index (χ4v) is 16.3. The van der Waals surface area contributed by atoms with Gasteiger partial charge in [-0.15, -0.1) is 0 Å². The molecule has 0 aliphatic heterocycles. The van der Waals surface area contributed by atoms with Crippen LogP contribution in [-0.4, -0.2) is 129 Å². The summed E-state index contributed by atoms with van der Waals surface area (Å²) in [4.78, 5) is 62.0. The third-order valence-electron chi connectivity index (χ3n) is 18.5. The molecule has 13 rings (SSSR count). The Labute approximate surface area is 730 Å². The third kappa shape index (κ3) is 25.5. The Bertz CT molecular complexity index is 6500. The van der Waals surface area contributed by atoms with Crippen molar-refractivity contribution < 1.29 is 71.8 Å². The maximum absolute atomic E-state index is 12.6. The van der Waals surface area contributed by atoms with Crippen molar-refractivity contribution in [1.82, 2.24) is 38.8 Å². The van der Waals surface area contributed by atoms with E-state index >= 15 is 0 Å². The van der Waals surface area contributed by atoms with E-state index in [2.05, 4.69) is 19.9 Å². The van der Waals surface area contributed by atoms with Crippen molar-refractivity contribution in [2.24, 2.45) is 0 Å². The number of hydrogen-bond donors (Lipinski definition) is 8. The Morgan fingerprint density at radius 3 is 1.05 bits per heavy atom. The first-order valence-corrected chi connectivity index (χ1v) is 47.3. The average molecular weight is 1850 g/mol. The van der Waals surface area contributed by atoms with Gasteiger partial charge in [0.05, 0.1) is 56.5 Å². The highest BCUT2D eigenvalue weighted by Gasteiger charge is 2.26. The molecule has 0 unspecified atom stereocenters. The number of rotatable bonds is 28. The SMILES string of the molecule is CS(=O)(=O)NC(=O)c1[nH]c2cc(Cl)ccc2c1CCCOc1cccc2ccccc12.Cc1cc(OCCCc2c(C(=O)NS(C)(=O)=O)[nH]c3cc(Cl)ccc23)cc(C)c1Cl.Cc1cc(OCCCc2c(C(=O)NS(C)(=O)=O)[nH]c3cc(Cl)ccc23)ccc1Cl.Cc1cc(OCCCc2c(C(=O)NS(C)(=O)=O)[nH]c3cccc(Cl)c23)cc(C)c1Cl. The molecule has 13 aromatic rings. The lowest BCUT2D eigenvalue weighted by atomic mass is 10.1. The molecule has 4 aromatic heterocycles. The molecule has 0 aliphatic carbocycles. The fourth-order valence-electron chi connectivity index (χ4n) is 13.4. The number of benzene rings is 9. The quantitative estimate of drug-likeness (QED) is 0.0211. The average Bonchev–Trinajstić information content (AvgIpc) is 1.63. The van der Waals surface area contributed by atoms with Crippen molar-refractivity contribution in [3.8, 4) is 23.0 Å². The minimum atomic E-state index is -3.70. The van der Waals surface area contributed by atoms with Crippen LogP contribution < -0.4 is 37.8 Å². The summed E-state index contributed by atoms with van der Waals surface area (Å²) in [5, 5.41) is 9.47. The molecule has 0 aliphatic rings. The van der Waals surface area contributed by atoms with Crippen LogP contribution in [0.4, 0.5) is 0 Å². The largest absolute Gasteiger partial charge is 0.494 e. The molecule has 8 N–H and O–H groups in total. The van der Waals surface area contributed by atoms with Gasteiger partial charge in [-0.3, -0.25) is 19.2 Å². The molecule has 0 radical (unpaired) electrons. The van der Waals surface area contributed by atoms with E-state index < -0.39 is 63.7 Å². The van der Waals surface area contributed by atoms with Crippen LogP contribution in [0.2, 0.25) is 35.2 Å². The summed E-state index contributed by atoms with van der Waals surface area (Å²) >= 11 is 42.9. The van der Waals surface area contributed by atoms with Crippen molar-refractivity contribution in [2.45, 2.75) is 86.0 Å². The van der Waals surface area contributed by atoms with Crippen molar-refractivity contribution in [1.29, 1.82) is 0 Å². The molecule has 0 bridgehead atoms. The Balaban J connectivity index is 0.000000168. The molecule has 4 amide bonds. The molecule has 24 nitrogen and oxygen atoms in total. The predicted molar refractivity (Wildman–Crippen MR) is 480 cm³/mol. The molecule has 0 fully saturated rings. The first-order valence-electron chi connectivity index (χ1n) is 37.1. The van der Waals surface area contributed by atoms with Crippen LogP contribution in [-0.2, 0) is 65.8 Å². The van der Waals surface area contributed by atoms with Crippen LogP contribution in [0.15, 0.2) is 158 Å². The van der Waals surface area contributed by atoms with E-state index in [-0.39, 0.29) is 22.8 Å². The third-order valence-corrected chi connectivity index (χ3v) is 23.4. The van der Waals surface area contributed by atoms with E-state index in [0.29, 0.717) is 147 Å². The number of aromatic nitrogens is 4. The summed E-state index contributed by atoms with van der Waals surface area (Å²) in [6.07, 6.45) is 8.26. The minimum absolute atomic E-state index is 0.182. The van der Waals surface area contributed by atoms with Crippen LogP contribution in [0.5, 0.6) is 23.0 Å². The normalized spacial score (nSPS) is 11.6. The monoisotopic (exact) mass is 1850 g/mol. The maximum Gasteiger partial charge on any atom is 0.281 e. The summed E-state index contributed by atoms with van der Waals surface area (Å²) in [7, 11) is -14.8. The zero-order chi connectivity index (χ0) is 87.3. The number of sulfonamides is 4. The molecule has 0 atom stereocenters. The highest BCUT2D eigenvalue weighted by Crippen LogP contribution is 2.36. The van der Waals surface area contributed by atoms with E-state index in [0.717, 1.165) is 118 Å². The van der Waals surface area contributed by atoms with E-state index in [1.54, 1.807) is 66.7 Å². The second-order valence-corrected chi connectivity index (χ2v) is 38.3. The lowest BCUT2D eigenvalue weighted by Crippen LogP contribution is -2.30. The Morgan fingerprint density at radius 2 is 0.658 bits per heavy atom. The van der Waals surface area contributed by atoms with E-state index in [4.69, 9.17) is 100 Å². The summed E-state index contributed by atoms with van der Waals surface area (Å²) in [6, 6.07) is 47.9. The highest BCUT2D eigenvalue weighted by atomic mass is 35.5. The molecule has 634 valence electrons. The number of aromatic amines is 4. The number of hydrogen-bond acceptors (Lipinski definition) is 16. The first kappa shape index (κ1) is 92.6. The second kappa shape index (κ2) is 40.3. The number of ether oxygens (including phenoxy) is 4. The van der Waals surface area contributed by atoms with Crippen molar-refractivity contribution >= 4 is 199 Å². The standard InChI is InChI=1S/C23H21ClN2O4S.2C21H22Cl2N2O4S.C20H20Cl2N2O4S/c1-31(28,29)26-23(27)22-19(18-12-11-16(24)14-20(18)25-22)9-5-13-30-21-10-4-7-15-6-2-3-8-17(15)21;1-12-10-14(11-13(2)19(12)23)29-9-5-6-15-18-16(22)7-4-8-17(18)24-20(15)21(26)25-30(3,27)28;1-12-9-15(10-13(2)19(12)23)29-8-4-5-17-16-7-6-14(22)11-18(16)24-20(17)21(26)25-30(3,27)28;1-12-10-14(6-8-17(12)22)28-9-3-4-16-15-7-5-13(21)11-18(15)23-19(16)20(25)24-29(2,26)27/h2-4,6-8,10-12,14,25H,5,9,13H2,1H3,(H,26,27);4,7-8,10-11,24H,5-6,9H2,1-3H3,(H,25,26);6-7,9-11,24H,4-5,8H2,1-3H3,(H,25,26);5-8,10-11,23H,3-4,9H2,1-2H3,(H,24,25). The summed E-state index contributed by atoms with van der Waals surface area (Å²) in [6.45, 7) is 11.3. The van der Waals surface area contributed by atoms with Gasteiger partial charge in [0.15, 0.2) is 0 Å². The molecular weight excluding hydrogens is 1770 g/mol. The van der Waals surface area contributed by atoms with E-state index in [1.165, 1.54) is 0 Å². The number of carbonyl (C=O) groups is 4. The number of aryl methyl sites for hydroxylation is 9. The Morgan fingerprint density at radius 1 is 0.325 bits per heavy atom.